The number of benzene rings is 1. The van der Waals surface area contributed by atoms with E-state index in [2.05, 4.69) is 15.5 Å². The molecule has 0 atom stereocenters. The van der Waals surface area contributed by atoms with Crippen LogP contribution in [0.25, 0.3) is 5.69 Å². The Balaban J connectivity index is 1.83. The third kappa shape index (κ3) is 4.35. The molecule has 1 amide bonds. The number of carbonyl (C=O) groups is 2. The second-order valence-electron chi connectivity index (χ2n) is 6.24. The zero-order valence-corrected chi connectivity index (χ0v) is 16.9. The number of nitrogens with zero attached hydrogens (tertiary/aromatic N) is 3. The summed E-state index contributed by atoms with van der Waals surface area (Å²) in [5.74, 6) is -0.841. The fourth-order valence-corrected chi connectivity index (χ4v) is 3.19. The molecule has 0 saturated carbocycles. The number of hydrogen-bond acceptors (Lipinski definition) is 5. The molecule has 0 aliphatic heterocycles. The average molecular weight is 411 g/mol. The van der Waals surface area contributed by atoms with Crippen molar-refractivity contribution in [2.75, 3.05) is 7.11 Å². The molecule has 0 radical (unpaired) electrons. The van der Waals surface area contributed by atoms with Gasteiger partial charge in [0.05, 0.1) is 24.5 Å². The van der Waals surface area contributed by atoms with Crippen molar-refractivity contribution in [1.29, 1.82) is 0 Å². The Labute approximate surface area is 173 Å². The van der Waals surface area contributed by atoms with Crippen LogP contribution in [0.15, 0.2) is 53.8 Å². The maximum Gasteiger partial charge on any atom is 0.337 e. The lowest BCUT2D eigenvalue weighted by molar-refractivity contribution is 0.0600. The minimum atomic E-state index is -0.445. The van der Waals surface area contributed by atoms with Crippen molar-refractivity contribution < 1.29 is 14.3 Å². The predicted molar refractivity (Wildman–Crippen MR) is 111 cm³/mol. The highest BCUT2D eigenvalue weighted by Gasteiger charge is 2.13. The van der Waals surface area contributed by atoms with Gasteiger partial charge in [0, 0.05) is 28.8 Å². The summed E-state index contributed by atoms with van der Waals surface area (Å²) >= 11 is 5.92. The number of aromatic nitrogens is 2. The van der Waals surface area contributed by atoms with Crippen LogP contribution >= 0.6 is 11.6 Å². The summed E-state index contributed by atoms with van der Waals surface area (Å²) < 4.78 is 6.78. The molecular formula is C21H19ClN4O3. The van der Waals surface area contributed by atoms with E-state index in [0.717, 1.165) is 22.6 Å². The number of hydrazone groups is 1. The quantitative estimate of drug-likeness (QED) is 0.301. The molecule has 1 aromatic carbocycles. The second kappa shape index (κ2) is 8.70. The number of carbonyl (C=O) groups excluding carboxylic acids is 2. The fraction of sp³-hybridized carbons (Fsp3) is 0.143. The van der Waals surface area contributed by atoms with Crippen LogP contribution in [0.4, 0.5) is 0 Å². The number of rotatable bonds is 5. The van der Waals surface area contributed by atoms with Gasteiger partial charge in [-0.1, -0.05) is 17.7 Å². The number of esters is 1. The number of hydrogen-bond donors (Lipinski definition) is 1. The van der Waals surface area contributed by atoms with Gasteiger partial charge in [-0.2, -0.15) is 5.10 Å². The Morgan fingerprint density at radius 3 is 2.72 bits per heavy atom. The van der Waals surface area contributed by atoms with Gasteiger partial charge in [0.25, 0.3) is 5.91 Å². The summed E-state index contributed by atoms with van der Waals surface area (Å²) in [4.78, 5) is 27.8. The SMILES string of the molecule is COC(=O)c1cccc(-n2c(C)cc(C=NNC(=O)c3cccnc3Cl)c2C)c1. The number of nitrogens with one attached hydrogen (secondary N) is 1. The van der Waals surface area contributed by atoms with Crippen LogP contribution in [0.2, 0.25) is 5.15 Å². The molecule has 148 valence electrons. The first-order valence-corrected chi connectivity index (χ1v) is 9.11. The zero-order chi connectivity index (χ0) is 21.0. The van der Waals surface area contributed by atoms with Crippen molar-refractivity contribution in [3.8, 4) is 5.69 Å². The minimum absolute atomic E-state index is 0.115. The molecule has 7 nitrogen and oxygen atoms in total. The first kappa shape index (κ1) is 20.3. The Bertz CT molecular complexity index is 1110. The first-order chi connectivity index (χ1) is 13.9. The van der Waals surface area contributed by atoms with Crippen LogP contribution in [-0.4, -0.2) is 34.8 Å². The van der Waals surface area contributed by atoms with Crippen LogP contribution in [-0.2, 0) is 4.74 Å². The van der Waals surface area contributed by atoms with Crippen LogP contribution in [0, 0.1) is 13.8 Å². The number of methoxy groups -OCH3 is 1. The van der Waals surface area contributed by atoms with Gasteiger partial charge in [-0.3, -0.25) is 4.79 Å². The summed E-state index contributed by atoms with van der Waals surface area (Å²) in [5, 5.41) is 4.14. The van der Waals surface area contributed by atoms with E-state index < -0.39 is 11.9 Å². The van der Waals surface area contributed by atoms with Gasteiger partial charge in [0.15, 0.2) is 0 Å². The van der Waals surface area contributed by atoms with E-state index in [9.17, 15) is 9.59 Å². The van der Waals surface area contributed by atoms with Crippen LogP contribution in [0.3, 0.4) is 0 Å². The van der Waals surface area contributed by atoms with Crippen molar-refractivity contribution >= 4 is 29.7 Å². The number of halogens is 1. The lowest BCUT2D eigenvalue weighted by Gasteiger charge is -2.11. The zero-order valence-electron chi connectivity index (χ0n) is 16.1. The standard InChI is InChI=1S/C21H19ClN4O3/c1-13-10-16(12-24-25-20(27)18-8-5-9-23-19(18)22)14(2)26(13)17-7-4-6-15(11-17)21(28)29-3/h4-12H,1-3H3,(H,25,27). The van der Waals surface area contributed by atoms with E-state index in [-0.39, 0.29) is 10.7 Å². The van der Waals surface area contributed by atoms with Crippen molar-refractivity contribution in [1.82, 2.24) is 15.0 Å². The van der Waals surface area contributed by atoms with Gasteiger partial charge >= 0.3 is 5.97 Å². The van der Waals surface area contributed by atoms with Crippen LogP contribution < -0.4 is 5.43 Å². The lowest BCUT2D eigenvalue weighted by atomic mass is 10.2. The minimum Gasteiger partial charge on any atom is -0.465 e. The molecule has 0 fully saturated rings. The highest BCUT2D eigenvalue weighted by Crippen LogP contribution is 2.21. The molecule has 0 aliphatic rings. The van der Waals surface area contributed by atoms with Crippen molar-refractivity contribution in [2.24, 2.45) is 5.10 Å². The molecule has 2 aromatic heterocycles. The lowest BCUT2D eigenvalue weighted by Crippen LogP contribution is -2.18. The molecule has 8 heteroatoms. The van der Waals surface area contributed by atoms with E-state index in [1.165, 1.54) is 13.3 Å². The summed E-state index contributed by atoms with van der Waals surface area (Å²) in [6.45, 7) is 3.88. The number of aryl methyl sites for hydroxylation is 1. The number of amides is 1. The molecule has 2 heterocycles. The Hall–Kier alpha value is -3.45. The smallest absolute Gasteiger partial charge is 0.337 e. The molecule has 3 aromatic rings. The third-order valence-electron chi connectivity index (χ3n) is 4.37. The van der Waals surface area contributed by atoms with Gasteiger partial charge < -0.3 is 9.30 Å². The molecule has 0 saturated heterocycles. The fourth-order valence-electron chi connectivity index (χ4n) is 2.98. The number of pyridine rings is 1. The Morgan fingerprint density at radius 2 is 2.00 bits per heavy atom. The largest absolute Gasteiger partial charge is 0.465 e. The summed E-state index contributed by atoms with van der Waals surface area (Å²) in [6.07, 6.45) is 3.07. The summed E-state index contributed by atoms with van der Waals surface area (Å²) in [5.41, 5.74) is 6.67. The maximum absolute atomic E-state index is 12.2. The highest BCUT2D eigenvalue weighted by atomic mass is 35.5. The van der Waals surface area contributed by atoms with Crippen LogP contribution in [0.1, 0.15) is 37.7 Å². The molecule has 0 unspecified atom stereocenters. The van der Waals surface area contributed by atoms with Gasteiger partial charge in [-0.25, -0.2) is 15.2 Å². The highest BCUT2D eigenvalue weighted by molar-refractivity contribution is 6.32. The monoisotopic (exact) mass is 410 g/mol. The molecule has 0 bridgehead atoms. The van der Waals surface area contributed by atoms with Crippen molar-refractivity contribution in [3.63, 3.8) is 0 Å². The van der Waals surface area contributed by atoms with E-state index in [4.69, 9.17) is 16.3 Å². The second-order valence-corrected chi connectivity index (χ2v) is 6.60. The van der Waals surface area contributed by atoms with E-state index >= 15 is 0 Å². The first-order valence-electron chi connectivity index (χ1n) is 8.74. The predicted octanol–water partition coefficient (Wildman–Crippen LogP) is 3.69. The molecule has 1 N–H and O–H groups in total. The van der Waals surface area contributed by atoms with Crippen molar-refractivity contribution in [2.45, 2.75) is 13.8 Å². The van der Waals surface area contributed by atoms with Crippen molar-refractivity contribution in [3.05, 3.63) is 81.9 Å². The molecule has 0 spiro atoms. The van der Waals surface area contributed by atoms with Gasteiger partial charge in [-0.05, 0) is 50.2 Å². The molecule has 0 aliphatic carbocycles. The summed E-state index contributed by atoms with van der Waals surface area (Å²) in [7, 11) is 1.35. The topological polar surface area (TPSA) is 85.6 Å². The third-order valence-corrected chi connectivity index (χ3v) is 4.67. The van der Waals surface area contributed by atoms with Gasteiger partial charge in [0.1, 0.15) is 5.15 Å². The molecule has 3 rings (SSSR count). The Kier molecular flexibility index (Phi) is 6.09. The van der Waals surface area contributed by atoms with Crippen LogP contribution in [0.5, 0.6) is 0 Å². The van der Waals surface area contributed by atoms with Gasteiger partial charge in [-0.15, -0.1) is 0 Å². The summed E-state index contributed by atoms with van der Waals surface area (Å²) in [6, 6.07) is 12.3. The normalized spacial score (nSPS) is 10.9. The average Bonchev–Trinajstić information content (AvgIpc) is 3.00. The van der Waals surface area contributed by atoms with E-state index in [1.54, 1.807) is 36.5 Å². The molecular weight excluding hydrogens is 392 g/mol. The molecule has 29 heavy (non-hydrogen) atoms. The van der Waals surface area contributed by atoms with Gasteiger partial charge in [0.2, 0.25) is 0 Å². The van der Waals surface area contributed by atoms with E-state index in [0.29, 0.717) is 5.56 Å². The Morgan fingerprint density at radius 1 is 1.21 bits per heavy atom. The maximum atomic E-state index is 12.2. The van der Waals surface area contributed by atoms with E-state index in [1.807, 2.05) is 30.5 Å². The number of ether oxygens (including phenoxy) is 1.